The lowest BCUT2D eigenvalue weighted by molar-refractivity contribution is -0.001000. The van der Waals surface area contributed by atoms with E-state index in [0.29, 0.717) is 13.2 Å². The minimum atomic E-state index is -0.483. The lowest BCUT2D eigenvalue weighted by atomic mass is 10.1. The number of piperazine rings is 1. The van der Waals surface area contributed by atoms with Crippen molar-refractivity contribution in [2.24, 2.45) is 0 Å². The van der Waals surface area contributed by atoms with Crippen LogP contribution in [0.4, 0.5) is 0 Å². The first kappa shape index (κ1) is 23.4. The third-order valence-corrected chi connectivity index (χ3v) is 4.18. The zero-order chi connectivity index (χ0) is 15.9. The third-order valence-electron chi connectivity index (χ3n) is 4.18. The molecule has 1 aliphatic heterocycles. The number of aliphatic hydroxyl groups excluding tert-OH is 2. The molecule has 1 aromatic rings. The fourth-order valence-electron chi connectivity index (χ4n) is 2.89. The van der Waals surface area contributed by atoms with Gasteiger partial charge in [-0.2, -0.15) is 0 Å². The second-order valence-corrected chi connectivity index (χ2v) is 6.05. The Kier molecular flexibility index (Phi) is 11.6. The van der Waals surface area contributed by atoms with Gasteiger partial charge in [-0.05, 0) is 25.0 Å². The molecule has 0 aromatic heterocycles. The number of halogens is 2. The molecular formula is C17H28Cl2N2O3-2. The average molecular weight is 379 g/mol. The molecule has 1 aliphatic rings. The van der Waals surface area contributed by atoms with E-state index in [4.69, 9.17) is 9.84 Å². The Bertz CT molecular complexity index is 449. The van der Waals surface area contributed by atoms with Gasteiger partial charge < -0.3 is 39.8 Å². The maximum atomic E-state index is 10.2. The van der Waals surface area contributed by atoms with E-state index in [-0.39, 0.29) is 31.4 Å². The van der Waals surface area contributed by atoms with E-state index >= 15 is 0 Å². The van der Waals surface area contributed by atoms with Gasteiger partial charge in [0.05, 0.1) is 6.61 Å². The molecule has 1 aromatic carbocycles. The van der Waals surface area contributed by atoms with Gasteiger partial charge in [0.15, 0.2) is 0 Å². The van der Waals surface area contributed by atoms with Crippen LogP contribution in [0.2, 0.25) is 0 Å². The van der Waals surface area contributed by atoms with Crippen molar-refractivity contribution in [2.45, 2.75) is 20.0 Å². The average Bonchev–Trinajstić information content (AvgIpc) is 2.49. The predicted octanol–water partition coefficient (Wildman–Crippen LogP) is -5.34. The number of benzene rings is 1. The highest BCUT2D eigenvalue weighted by Gasteiger charge is 2.19. The summed E-state index contributed by atoms with van der Waals surface area (Å²) in [7, 11) is 0. The van der Waals surface area contributed by atoms with Crippen LogP contribution in [0.25, 0.3) is 0 Å². The van der Waals surface area contributed by atoms with Gasteiger partial charge in [-0.15, -0.1) is 0 Å². The van der Waals surface area contributed by atoms with Crippen molar-refractivity contribution >= 4 is 0 Å². The number of ether oxygens (including phenoxy) is 1. The molecule has 5 nitrogen and oxygen atoms in total. The Morgan fingerprint density at radius 3 is 2.12 bits per heavy atom. The molecule has 0 bridgehead atoms. The number of nitrogens with zero attached hydrogens (tertiary/aromatic N) is 2. The minimum Gasteiger partial charge on any atom is -1.00 e. The van der Waals surface area contributed by atoms with Crippen LogP contribution in [0.1, 0.15) is 11.1 Å². The van der Waals surface area contributed by atoms with E-state index < -0.39 is 6.10 Å². The van der Waals surface area contributed by atoms with Crippen LogP contribution >= 0.6 is 0 Å². The predicted molar refractivity (Wildman–Crippen MR) is 87.4 cm³/mol. The quantitative estimate of drug-likeness (QED) is 0.496. The standard InChI is InChI=1S/C17H28N2O3.2ClH/c1-14-4-3-5-15(2)17(14)22-13-16(21)12-19-8-6-18(7-9-19)10-11-20;;/h3-5,16,20-21H,6-13H2,1-2H3;2*1H/p-2. The molecular weight excluding hydrogens is 351 g/mol. The van der Waals surface area contributed by atoms with Crippen molar-refractivity contribution in [1.82, 2.24) is 9.80 Å². The van der Waals surface area contributed by atoms with E-state index in [1.807, 2.05) is 32.0 Å². The largest absolute Gasteiger partial charge is 1.00 e. The summed E-state index contributed by atoms with van der Waals surface area (Å²) >= 11 is 0. The summed E-state index contributed by atoms with van der Waals surface area (Å²) in [5.41, 5.74) is 2.20. The van der Waals surface area contributed by atoms with Crippen molar-refractivity contribution in [3.63, 3.8) is 0 Å². The van der Waals surface area contributed by atoms with E-state index in [9.17, 15) is 5.11 Å². The number of aliphatic hydroxyl groups is 2. The molecule has 1 atom stereocenters. The number of aryl methyl sites for hydroxylation is 2. The highest BCUT2D eigenvalue weighted by molar-refractivity contribution is 5.39. The zero-order valence-corrected chi connectivity index (χ0v) is 15.9. The Morgan fingerprint density at radius 2 is 1.58 bits per heavy atom. The minimum absolute atomic E-state index is 0. The number of para-hydroxylation sites is 1. The molecule has 0 radical (unpaired) electrons. The van der Waals surface area contributed by atoms with Crippen LogP contribution in [0, 0.1) is 13.8 Å². The topological polar surface area (TPSA) is 56.2 Å². The van der Waals surface area contributed by atoms with Gasteiger partial charge >= 0.3 is 0 Å². The smallest absolute Gasteiger partial charge is 0.125 e. The van der Waals surface area contributed by atoms with Gasteiger partial charge in [0.1, 0.15) is 18.5 Å². The molecule has 0 amide bonds. The van der Waals surface area contributed by atoms with Crippen molar-refractivity contribution in [3.05, 3.63) is 29.3 Å². The Balaban J connectivity index is 0.00000264. The normalized spacial score (nSPS) is 16.8. The fraction of sp³-hybridized carbons (Fsp3) is 0.647. The van der Waals surface area contributed by atoms with Crippen molar-refractivity contribution in [3.8, 4) is 5.75 Å². The van der Waals surface area contributed by atoms with Crippen molar-refractivity contribution < 1.29 is 39.8 Å². The molecule has 140 valence electrons. The molecule has 1 saturated heterocycles. The Labute approximate surface area is 157 Å². The van der Waals surface area contributed by atoms with Crippen LogP contribution in [0.3, 0.4) is 0 Å². The highest BCUT2D eigenvalue weighted by Crippen LogP contribution is 2.22. The monoisotopic (exact) mass is 378 g/mol. The summed E-state index contributed by atoms with van der Waals surface area (Å²) in [6, 6.07) is 6.06. The molecule has 1 unspecified atom stereocenters. The summed E-state index contributed by atoms with van der Waals surface area (Å²) in [5.74, 6) is 0.884. The SMILES string of the molecule is Cc1cccc(C)c1OCC(O)CN1CCN(CCO)CC1.[Cl-].[Cl-]. The molecule has 1 fully saturated rings. The first-order chi connectivity index (χ1) is 10.6. The molecule has 2 N–H and O–H groups in total. The molecule has 0 saturated carbocycles. The molecule has 2 rings (SSSR count). The summed E-state index contributed by atoms with van der Waals surface area (Å²) in [6.45, 7) is 9.72. The lowest BCUT2D eigenvalue weighted by Gasteiger charge is -2.35. The summed E-state index contributed by atoms with van der Waals surface area (Å²) < 4.78 is 5.81. The molecule has 1 heterocycles. The van der Waals surface area contributed by atoms with Gasteiger partial charge in [0, 0.05) is 39.3 Å². The third kappa shape index (κ3) is 7.13. The summed E-state index contributed by atoms with van der Waals surface area (Å²) in [5, 5.41) is 19.1. The van der Waals surface area contributed by atoms with E-state index in [1.165, 1.54) is 0 Å². The van der Waals surface area contributed by atoms with Gasteiger partial charge in [-0.25, -0.2) is 0 Å². The van der Waals surface area contributed by atoms with Crippen molar-refractivity contribution in [1.29, 1.82) is 0 Å². The first-order valence-corrected chi connectivity index (χ1v) is 8.03. The van der Waals surface area contributed by atoms with Gasteiger partial charge in [0.2, 0.25) is 0 Å². The molecule has 7 heteroatoms. The number of hydrogen-bond donors (Lipinski definition) is 2. The van der Waals surface area contributed by atoms with Gasteiger partial charge in [0.25, 0.3) is 0 Å². The maximum Gasteiger partial charge on any atom is 0.125 e. The van der Waals surface area contributed by atoms with Crippen LogP contribution in [0.15, 0.2) is 18.2 Å². The Hall–Kier alpha value is -0.560. The number of rotatable bonds is 7. The first-order valence-electron chi connectivity index (χ1n) is 8.03. The van der Waals surface area contributed by atoms with Crippen LogP contribution in [-0.2, 0) is 0 Å². The fourth-order valence-corrected chi connectivity index (χ4v) is 2.89. The maximum absolute atomic E-state index is 10.2. The summed E-state index contributed by atoms with van der Waals surface area (Å²) in [6.07, 6.45) is -0.483. The van der Waals surface area contributed by atoms with E-state index in [1.54, 1.807) is 0 Å². The zero-order valence-electron chi connectivity index (χ0n) is 14.4. The van der Waals surface area contributed by atoms with Gasteiger partial charge in [-0.3, -0.25) is 9.80 Å². The van der Waals surface area contributed by atoms with Crippen molar-refractivity contribution in [2.75, 3.05) is 52.5 Å². The summed E-state index contributed by atoms with van der Waals surface area (Å²) in [4.78, 5) is 4.50. The van der Waals surface area contributed by atoms with Crippen LogP contribution in [-0.4, -0.2) is 78.6 Å². The lowest BCUT2D eigenvalue weighted by Crippen LogP contribution is -3.00. The second kappa shape index (κ2) is 11.9. The number of β-amino-alcohol motifs (C(OH)–C–C–N with tert-alkyl or cyclic N) is 2. The van der Waals surface area contributed by atoms with Gasteiger partial charge in [-0.1, -0.05) is 18.2 Å². The second-order valence-electron chi connectivity index (χ2n) is 6.05. The number of hydrogen-bond acceptors (Lipinski definition) is 5. The Morgan fingerprint density at radius 1 is 1.04 bits per heavy atom. The molecule has 0 spiro atoms. The van der Waals surface area contributed by atoms with Crippen LogP contribution < -0.4 is 29.6 Å². The van der Waals surface area contributed by atoms with E-state index in [0.717, 1.165) is 49.6 Å². The molecule has 24 heavy (non-hydrogen) atoms. The van der Waals surface area contributed by atoms with Crippen LogP contribution in [0.5, 0.6) is 5.75 Å². The highest BCUT2D eigenvalue weighted by atomic mass is 35.5. The molecule has 0 aliphatic carbocycles. The van der Waals surface area contributed by atoms with E-state index in [2.05, 4.69) is 9.80 Å².